The smallest absolute Gasteiger partial charge is 0.169 e. The number of benzene rings is 2. The lowest BCUT2D eigenvalue weighted by Crippen LogP contribution is -2.02. The summed E-state index contributed by atoms with van der Waals surface area (Å²) in [6.07, 6.45) is 2.28. The number of fused-ring (bicyclic) bond motifs is 1. The Labute approximate surface area is 136 Å². The van der Waals surface area contributed by atoms with Crippen LogP contribution in [0.4, 0.5) is 0 Å². The van der Waals surface area contributed by atoms with E-state index in [-0.39, 0.29) is 5.78 Å². The predicted octanol–water partition coefficient (Wildman–Crippen LogP) is 5.02. The summed E-state index contributed by atoms with van der Waals surface area (Å²) in [6, 6.07) is 13.4. The zero-order valence-corrected chi connectivity index (χ0v) is 13.8. The van der Waals surface area contributed by atoms with Crippen molar-refractivity contribution in [3.8, 4) is 0 Å². The number of aryl methyl sites for hydroxylation is 1. The monoisotopic (exact) mass is 361 g/mol. The van der Waals surface area contributed by atoms with Gasteiger partial charge in [-0.1, -0.05) is 45.7 Å². The van der Waals surface area contributed by atoms with Gasteiger partial charge in [-0.25, -0.2) is 0 Å². The largest absolute Gasteiger partial charge is 0.350 e. The molecule has 3 rings (SSSR count). The SMILES string of the molecule is Cn1cc(C(=O)Cc2ccc(Br)cc2)c2ccc(Cl)cc21. The third-order valence-electron chi connectivity index (χ3n) is 3.53. The summed E-state index contributed by atoms with van der Waals surface area (Å²) in [6.45, 7) is 0. The Morgan fingerprint density at radius 2 is 1.90 bits per heavy atom. The molecule has 0 saturated carbocycles. The highest BCUT2D eigenvalue weighted by Gasteiger charge is 2.14. The van der Waals surface area contributed by atoms with Gasteiger partial charge in [0.25, 0.3) is 0 Å². The van der Waals surface area contributed by atoms with Crippen molar-refractivity contribution in [3.63, 3.8) is 0 Å². The van der Waals surface area contributed by atoms with E-state index < -0.39 is 0 Å². The van der Waals surface area contributed by atoms with Crippen LogP contribution in [0.1, 0.15) is 15.9 Å². The molecule has 106 valence electrons. The molecule has 3 aromatic rings. The first kappa shape index (κ1) is 14.4. The number of hydrogen-bond donors (Lipinski definition) is 0. The Hall–Kier alpha value is -1.58. The van der Waals surface area contributed by atoms with Gasteiger partial charge in [-0.2, -0.15) is 0 Å². The average Bonchev–Trinajstić information content (AvgIpc) is 2.78. The zero-order valence-electron chi connectivity index (χ0n) is 11.4. The lowest BCUT2D eigenvalue weighted by atomic mass is 10.0. The standard InChI is InChI=1S/C17H13BrClNO/c1-20-10-15(14-7-6-13(19)9-16(14)20)17(21)8-11-2-4-12(18)5-3-11/h2-7,9-10H,8H2,1H3. The van der Waals surface area contributed by atoms with Gasteiger partial charge in [0, 0.05) is 45.6 Å². The second-order valence-corrected chi connectivity index (χ2v) is 6.39. The first-order valence-corrected chi connectivity index (χ1v) is 7.74. The number of carbonyl (C=O) groups is 1. The number of Topliss-reactive ketones (excluding diaryl/α,β-unsaturated/α-hetero) is 1. The molecule has 4 heteroatoms. The lowest BCUT2D eigenvalue weighted by molar-refractivity contribution is 0.0994. The molecular formula is C17H13BrClNO. The van der Waals surface area contributed by atoms with Gasteiger partial charge in [0.15, 0.2) is 5.78 Å². The molecule has 0 N–H and O–H groups in total. The van der Waals surface area contributed by atoms with E-state index >= 15 is 0 Å². The van der Waals surface area contributed by atoms with E-state index in [1.165, 1.54) is 0 Å². The Kier molecular flexibility index (Phi) is 3.87. The fourth-order valence-electron chi connectivity index (χ4n) is 2.46. The van der Waals surface area contributed by atoms with Crippen LogP contribution in [0, 0.1) is 0 Å². The zero-order chi connectivity index (χ0) is 15.0. The second kappa shape index (κ2) is 5.66. The third kappa shape index (κ3) is 2.89. The molecule has 0 aliphatic heterocycles. The molecule has 0 spiro atoms. The summed E-state index contributed by atoms with van der Waals surface area (Å²) in [4.78, 5) is 12.6. The van der Waals surface area contributed by atoms with Crippen molar-refractivity contribution >= 4 is 44.2 Å². The maximum Gasteiger partial charge on any atom is 0.169 e. The van der Waals surface area contributed by atoms with E-state index in [1.807, 2.05) is 60.3 Å². The highest BCUT2D eigenvalue weighted by atomic mass is 79.9. The minimum Gasteiger partial charge on any atom is -0.350 e. The molecular weight excluding hydrogens is 350 g/mol. The molecule has 0 saturated heterocycles. The quantitative estimate of drug-likeness (QED) is 0.600. The van der Waals surface area contributed by atoms with Crippen LogP contribution >= 0.6 is 27.5 Å². The van der Waals surface area contributed by atoms with Crippen molar-refractivity contribution in [2.75, 3.05) is 0 Å². The van der Waals surface area contributed by atoms with Gasteiger partial charge in [0.1, 0.15) is 0 Å². The van der Waals surface area contributed by atoms with Crippen LogP contribution in [0.25, 0.3) is 10.9 Å². The summed E-state index contributed by atoms with van der Waals surface area (Å²) < 4.78 is 2.95. The van der Waals surface area contributed by atoms with Crippen LogP contribution in [0.15, 0.2) is 53.1 Å². The number of carbonyl (C=O) groups excluding carboxylic acids is 1. The molecule has 0 atom stereocenters. The highest BCUT2D eigenvalue weighted by molar-refractivity contribution is 9.10. The van der Waals surface area contributed by atoms with E-state index in [4.69, 9.17) is 11.6 Å². The van der Waals surface area contributed by atoms with Gasteiger partial charge in [-0.05, 0) is 29.8 Å². The van der Waals surface area contributed by atoms with Gasteiger partial charge in [-0.3, -0.25) is 4.79 Å². The Balaban J connectivity index is 1.96. The van der Waals surface area contributed by atoms with Crippen molar-refractivity contribution < 1.29 is 4.79 Å². The van der Waals surface area contributed by atoms with Crippen molar-refractivity contribution in [1.82, 2.24) is 4.57 Å². The number of aromatic nitrogens is 1. The molecule has 21 heavy (non-hydrogen) atoms. The minimum atomic E-state index is 0.116. The summed E-state index contributed by atoms with van der Waals surface area (Å²) in [5.74, 6) is 0.116. The summed E-state index contributed by atoms with van der Waals surface area (Å²) in [7, 11) is 1.93. The molecule has 0 bridgehead atoms. The molecule has 0 aliphatic carbocycles. The van der Waals surface area contributed by atoms with Crippen LogP contribution in [0.5, 0.6) is 0 Å². The number of rotatable bonds is 3. The normalized spacial score (nSPS) is 11.0. The Bertz CT molecular complexity index is 821. The first-order valence-electron chi connectivity index (χ1n) is 6.57. The van der Waals surface area contributed by atoms with Crippen LogP contribution < -0.4 is 0 Å². The van der Waals surface area contributed by atoms with Crippen molar-refractivity contribution in [2.45, 2.75) is 6.42 Å². The van der Waals surface area contributed by atoms with E-state index in [1.54, 1.807) is 0 Å². The van der Waals surface area contributed by atoms with E-state index in [9.17, 15) is 4.79 Å². The lowest BCUT2D eigenvalue weighted by Gasteiger charge is -2.01. The van der Waals surface area contributed by atoms with Gasteiger partial charge < -0.3 is 4.57 Å². The maximum atomic E-state index is 12.6. The number of ketones is 1. The molecule has 0 aliphatic rings. The second-order valence-electron chi connectivity index (χ2n) is 5.04. The fraction of sp³-hybridized carbons (Fsp3) is 0.118. The third-order valence-corrected chi connectivity index (χ3v) is 4.29. The van der Waals surface area contributed by atoms with Crippen LogP contribution in [0.2, 0.25) is 5.02 Å². The Morgan fingerprint density at radius 1 is 1.19 bits per heavy atom. The highest BCUT2D eigenvalue weighted by Crippen LogP contribution is 2.25. The molecule has 2 nitrogen and oxygen atoms in total. The topological polar surface area (TPSA) is 22.0 Å². The van der Waals surface area contributed by atoms with Gasteiger partial charge in [0.2, 0.25) is 0 Å². The minimum absolute atomic E-state index is 0.116. The van der Waals surface area contributed by atoms with Gasteiger partial charge >= 0.3 is 0 Å². The van der Waals surface area contributed by atoms with Crippen LogP contribution in [0.3, 0.4) is 0 Å². The first-order chi connectivity index (χ1) is 10.0. The average molecular weight is 363 g/mol. The van der Waals surface area contributed by atoms with Crippen molar-refractivity contribution in [1.29, 1.82) is 0 Å². The molecule has 0 amide bonds. The van der Waals surface area contributed by atoms with E-state index in [0.29, 0.717) is 11.4 Å². The fourth-order valence-corrected chi connectivity index (χ4v) is 2.89. The predicted molar refractivity (Wildman–Crippen MR) is 90.1 cm³/mol. The molecule has 1 heterocycles. The summed E-state index contributed by atoms with van der Waals surface area (Å²) >= 11 is 9.42. The molecule has 0 unspecified atom stereocenters. The summed E-state index contributed by atoms with van der Waals surface area (Å²) in [5, 5.41) is 1.62. The number of halogens is 2. The van der Waals surface area contributed by atoms with Gasteiger partial charge in [0.05, 0.1) is 0 Å². The molecule has 2 aromatic carbocycles. The summed E-state index contributed by atoms with van der Waals surface area (Å²) in [5.41, 5.74) is 2.72. The number of nitrogens with zero attached hydrogens (tertiary/aromatic N) is 1. The maximum absolute atomic E-state index is 12.6. The van der Waals surface area contributed by atoms with Gasteiger partial charge in [-0.15, -0.1) is 0 Å². The number of hydrogen-bond acceptors (Lipinski definition) is 1. The van der Waals surface area contributed by atoms with E-state index in [2.05, 4.69) is 15.9 Å². The van der Waals surface area contributed by atoms with Crippen molar-refractivity contribution in [2.24, 2.45) is 7.05 Å². The van der Waals surface area contributed by atoms with Crippen LogP contribution in [-0.4, -0.2) is 10.4 Å². The molecule has 0 fully saturated rings. The Morgan fingerprint density at radius 3 is 2.62 bits per heavy atom. The van der Waals surface area contributed by atoms with Crippen molar-refractivity contribution in [3.05, 3.63) is 69.3 Å². The molecule has 1 aromatic heterocycles. The van der Waals surface area contributed by atoms with Crippen LogP contribution in [-0.2, 0) is 13.5 Å². The van der Waals surface area contributed by atoms with E-state index in [0.717, 1.165) is 26.5 Å². The molecule has 0 radical (unpaired) electrons.